The van der Waals surface area contributed by atoms with Gasteiger partial charge in [0.25, 0.3) is 0 Å². The van der Waals surface area contributed by atoms with Crippen LogP contribution in [0, 0.1) is 0 Å². The standard InChI is InChI=1S/C16H26N2O/c1-2-4-16-15-6-5-13(12-17-8-3-10-19)11-14(15)7-9-18-16/h5-6,11,16-19H,2-4,7-10,12H2,1H3. The normalized spacial score (nSPS) is 18.3. The largest absolute Gasteiger partial charge is 0.396 e. The van der Waals surface area contributed by atoms with Crippen LogP contribution in [0.1, 0.15) is 48.9 Å². The van der Waals surface area contributed by atoms with E-state index in [0.717, 1.165) is 32.5 Å². The van der Waals surface area contributed by atoms with Gasteiger partial charge in [-0.3, -0.25) is 0 Å². The predicted octanol–water partition coefficient (Wildman–Crippen LogP) is 2.15. The van der Waals surface area contributed by atoms with E-state index in [9.17, 15) is 0 Å². The van der Waals surface area contributed by atoms with Gasteiger partial charge in [0.2, 0.25) is 0 Å². The number of hydrogen-bond donors (Lipinski definition) is 3. The Morgan fingerprint density at radius 2 is 2.32 bits per heavy atom. The summed E-state index contributed by atoms with van der Waals surface area (Å²) in [6, 6.07) is 7.43. The van der Waals surface area contributed by atoms with E-state index in [1.807, 2.05) is 0 Å². The first kappa shape index (κ1) is 14.5. The molecule has 0 amide bonds. The lowest BCUT2D eigenvalue weighted by atomic mass is 9.90. The quantitative estimate of drug-likeness (QED) is 0.660. The lowest BCUT2D eigenvalue weighted by Crippen LogP contribution is -2.30. The van der Waals surface area contributed by atoms with Crippen molar-refractivity contribution < 1.29 is 5.11 Å². The molecule has 1 unspecified atom stereocenters. The van der Waals surface area contributed by atoms with Gasteiger partial charge in [-0.2, -0.15) is 0 Å². The molecule has 0 aromatic heterocycles. The molecule has 0 radical (unpaired) electrons. The third-order valence-corrected chi connectivity index (χ3v) is 3.79. The lowest BCUT2D eigenvalue weighted by Gasteiger charge is -2.27. The molecule has 3 N–H and O–H groups in total. The van der Waals surface area contributed by atoms with Crippen LogP contribution in [0.2, 0.25) is 0 Å². The van der Waals surface area contributed by atoms with Crippen LogP contribution in [-0.2, 0) is 13.0 Å². The van der Waals surface area contributed by atoms with Crippen molar-refractivity contribution in [2.45, 2.75) is 45.2 Å². The molecule has 106 valence electrons. The molecule has 0 aliphatic carbocycles. The zero-order chi connectivity index (χ0) is 13.5. The summed E-state index contributed by atoms with van der Waals surface area (Å²) >= 11 is 0. The second kappa shape index (κ2) is 7.63. The first-order valence-corrected chi connectivity index (χ1v) is 7.51. The van der Waals surface area contributed by atoms with Gasteiger partial charge in [-0.1, -0.05) is 31.5 Å². The third-order valence-electron chi connectivity index (χ3n) is 3.79. The molecule has 19 heavy (non-hydrogen) atoms. The fourth-order valence-electron chi connectivity index (χ4n) is 2.80. The Hall–Kier alpha value is -0.900. The van der Waals surface area contributed by atoms with Gasteiger partial charge in [-0.15, -0.1) is 0 Å². The van der Waals surface area contributed by atoms with Gasteiger partial charge in [-0.05, 0) is 49.0 Å². The van der Waals surface area contributed by atoms with Gasteiger partial charge in [0.15, 0.2) is 0 Å². The summed E-state index contributed by atoms with van der Waals surface area (Å²) in [6.07, 6.45) is 4.41. The molecule has 0 spiro atoms. The summed E-state index contributed by atoms with van der Waals surface area (Å²) in [5, 5.41) is 15.7. The predicted molar refractivity (Wildman–Crippen MR) is 79.2 cm³/mol. The molecule has 1 heterocycles. The molecule has 2 rings (SSSR count). The summed E-state index contributed by atoms with van der Waals surface area (Å²) in [6.45, 7) is 5.39. The Morgan fingerprint density at radius 1 is 1.42 bits per heavy atom. The Balaban J connectivity index is 1.98. The summed E-state index contributed by atoms with van der Waals surface area (Å²) in [5.74, 6) is 0. The minimum Gasteiger partial charge on any atom is -0.396 e. The fraction of sp³-hybridized carbons (Fsp3) is 0.625. The molecule has 0 saturated carbocycles. The second-order valence-corrected chi connectivity index (χ2v) is 5.33. The van der Waals surface area contributed by atoms with Crippen molar-refractivity contribution in [2.24, 2.45) is 0 Å². The van der Waals surface area contributed by atoms with E-state index in [-0.39, 0.29) is 6.61 Å². The summed E-state index contributed by atoms with van der Waals surface area (Å²) in [7, 11) is 0. The van der Waals surface area contributed by atoms with Crippen LogP contribution < -0.4 is 10.6 Å². The van der Waals surface area contributed by atoms with E-state index in [1.54, 1.807) is 0 Å². The molecule has 0 fully saturated rings. The van der Waals surface area contributed by atoms with Crippen molar-refractivity contribution in [1.82, 2.24) is 10.6 Å². The van der Waals surface area contributed by atoms with Crippen LogP contribution in [0.4, 0.5) is 0 Å². The van der Waals surface area contributed by atoms with Crippen LogP contribution in [0.5, 0.6) is 0 Å². The molecular formula is C16H26N2O. The van der Waals surface area contributed by atoms with Crippen LogP contribution in [0.15, 0.2) is 18.2 Å². The zero-order valence-corrected chi connectivity index (χ0v) is 11.9. The number of rotatable bonds is 7. The molecule has 1 aliphatic heterocycles. The van der Waals surface area contributed by atoms with E-state index < -0.39 is 0 Å². The molecule has 1 aromatic rings. The maximum Gasteiger partial charge on any atom is 0.0443 e. The van der Waals surface area contributed by atoms with Crippen molar-refractivity contribution in [3.8, 4) is 0 Å². The van der Waals surface area contributed by atoms with Gasteiger partial charge in [0.1, 0.15) is 0 Å². The van der Waals surface area contributed by atoms with Crippen molar-refractivity contribution in [3.63, 3.8) is 0 Å². The van der Waals surface area contributed by atoms with Crippen molar-refractivity contribution in [2.75, 3.05) is 19.7 Å². The van der Waals surface area contributed by atoms with E-state index in [2.05, 4.69) is 35.8 Å². The fourth-order valence-corrected chi connectivity index (χ4v) is 2.80. The highest BCUT2D eigenvalue weighted by atomic mass is 16.3. The van der Waals surface area contributed by atoms with Crippen LogP contribution in [-0.4, -0.2) is 24.8 Å². The molecule has 1 atom stereocenters. The Labute approximate surface area is 116 Å². The summed E-state index contributed by atoms with van der Waals surface area (Å²) < 4.78 is 0. The van der Waals surface area contributed by atoms with Gasteiger partial charge < -0.3 is 15.7 Å². The van der Waals surface area contributed by atoms with Crippen molar-refractivity contribution >= 4 is 0 Å². The number of aliphatic hydroxyl groups is 1. The van der Waals surface area contributed by atoms with Gasteiger partial charge in [0, 0.05) is 19.2 Å². The van der Waals surface area contributed by atoms with Crippen molar-refractivity contribution in [1.29, 1.82) is 0 Å². The topological polar surface area (TPSA) is 44.3 Å². The van der Waals surface area contributed by atoms with Crippen molar-refractivity contribution in [3.05, 3.63) is 34.9 Å². The molecule has 0 bridgehead atoms. The molecule has 1 aliphatic rings. The summed E-state index contributed by atoms with van der Waals surface area (Å²) in [4.78, 5) is 0. The minimum absolute atomic E-state index is 0.265. The Morgan fingerprint density at radius 3 is 3.11 bits per heavy atom. The van der Waals surface area contributed by atoms with E-state index in [1.165, 1.54) is 29.5 Å². The number of benzene rings is 1. The molecule has 3 nitrogen and oxygen atoms in total. The molecule has 1 aromatic carbocycles. The Bertz CT molecular complexity index is 392. The highest BCUT2D eigenvalue weighted by Crippen LogP contribution is 2.27. The van der Waals surface area contributed by atoms with Crippen LogP contribution >= 0.6 is 0 Å². The first-order valence-electron chi connectivity index (χ1n) is 7.51. The van der Waals surface area contributed by atoms with Crippen LogP contribution in [0.25, 0.3) is 0 Å². The molecular weight excluding hydrogens is 236 g/mol. The smallest absolute Gasteiger partial charge is 0.0443 e. The van der Waals surface area contributed by atoms with Gasteiger partial charge in [-0.25, -0.2) is 0 Å². The minimum atomic E-state index is 0.265. The average molecular weight is 262 g/mol. The Kier molecular flexibility index (Phi) is 5.83. The highest BCUT2D eigenvalue weighted by Gasteiger charge is 2.18. The number of aliphatic hydroxyl groups excluding tert-OH is 1. The van der Waals surface area contributed by atoms with Gasteiger partial charge >= 0.3 is 0 Å². The van der Waals surface area contributed by atoms with E-state index in [0.29, 0.717) is 6.04 Å². The third kappa shape index (κ3) is 4.03. The van der Waals surface area contributed by atoms with Crippen LogP contribution in [0.3, 0.4) is 0 Å². The number of hydrogen-bond acceptors (Lipinski definition) is 3. The highest BCUT2D eigenvalue weighted by molar-refractivity contribution is 5.36. The number of fused-ring (bicyclic) bond motifs is 1. The second-order valence-electron chi connectivity index (χ2n) is 5.33. The van der Waals surface area contributed by atoms with E-state index >= 15 is 0 Å². The average Bonchev–Trinajstić information content (AvgIpc) is 2.44. The summed E-state index contributed by atoms with van der Waals surface area (Å²) in [5.41, 5.74) is 4.36. The SMILES string of the molecule is CCCC1NCCc2cc(CNCCCO)ccc21. The molecule has 3 heteroatoms. The monoisotopic (exact) mass is 262 g/mol. The number of nitrogens with one attached hydrogen (secondary N) is 2. The maximum atomic E-state index is 8.75. The zero-order valence-electron chi connectivity index (χ0n) is 11.9. The molecule has 0 saturated heterocycles. The lowest BCUT2D eigenvalue weighted by molar-refractivity contribution is 0.286. The maximum absolute atomic E-state index is 8.75. The van der Waals surface area contributed by atoms with Gasteiger partial charge in [0.05, 0.1) is 0 Å². The van der Waals surface area contributed by atoms with E-state index in [4.69, 9.17) is 5.11 Å². The first-order chi connectivity index (χ1) is 9.35.